The lowest BCUT2D eigenvalue weighted by Gasteiger charge is -2.37. The first-order chi connectivity index (χ1) is 13.0. The number of rotatable bonds is 2. The monoisotopic (exact) mass is 363 g/mol. The van der Waals surface area contributed by atoms with Gasteiger partial charge in [0.1, 0.15) is 11.9 Å². The Kier molecular flexibility index (Phi) is 4.44. The highest BCUT2D eigenvalue weighted by molar-refractivity contribution is 5.90. The topological polar surface area (TPSA) is 37.3 Å². The van der Waals surface area contributed by atoms with Crippen LogP contribution in [0.3, 0.4) is 0 Å². The van der Waals surface area contributed by atoms with E-state index in [1.54, 1.807) is 23.1 Å². The number of nitrogens with one attached hydrogen (secondary N) is 1. The molecule has 3 aromatic rings. The van der Waals surface area contributed by atoms with Crippen LogP contribution in [0.4, 0.5) is 14.9 Å². The quantitative estimate of drug-likeness (QED) is 0.692. The highest BCUT2D eigenvalue weighted by Gasteiger charge is 2.33. The van der Waals surface area contributed by atoms with Gasteiger partial charge in [0.25, 0.3) is 0 Å². The Hall–Kier alpha value is -3.08. The minimum Gasteiger partial charge on any atom is -0.348 e. The molecule has 0 saturated heterocycles. The number of halogens is 1. The molecule has 138 valence electrons. The van der Waals surface area contributed by atoms with Gasteiger partial charge in [0.2, 0.25) is 0 Å². The van der Waals surface area contributed by atoms with E-state index in [1.807, 2.05) is 50.4 Å². The average molecular weight is 363 g/mol. The van der Waals surface area contributed by atoms with E-state index in [0.29, 0.717) is 18.7 Å². The molecule has 1 aliphatic rings. The number of aromatic nitrogens is 1. The molecule has 1 N–H and O–H groups in total. The summed E-state index contributed by atoms with van der Waals surface area (Å²) in [5, 5.41) is 3.00. The van der Waals surface area contributed by atoms with Crippen molar-refractivity contribution < 1.29 is 9.18 Å². The molecular weight excluding hydrogens is 341 g/mol. The van der Waals surface area contributed by atoms with E-state index in [1.165, 1.54) is 6.07 Å². The van der Waals surface area contributed by atoms with Gasteiger partial charge in [-0.25, -0.2) is 9.18 Å². The van der Waals surface area contributed by atoms with Crippen molar-refractivity contribution in [1.29, 1.82) is 0 Å². The fourth-order valence-corrected chi connectivity index (χ4v) is 3.77. The molecule has 2 amide bonds. The summed E-state index contributed by atoms with van der Waals surface area (Å²) < 4.78 is 16.7. The number of fused-ring (bicyclic) bond motifs is 1. The van der Waals surface area contributed by atoms with Crippen molar-refractivity contribution in [3.8, 4) is 0 Å². The first-order valence-electron chi connectivity index (χ1n) is 9.09. The number of hydrogen-bond donors (Lipinski definition) is 1. The van der Waals surface area contributed by atoms with Crippen LogP contribution < -0.4 is 5.32 Å². The van der Waals surface area contributed by atoms with Crippen LogP contribution in [0.2, 0.25) is 0 Å². The smallest absolute Gasteiger partial charge is 0.322 e. The van der Waals surface area contributed by atoms with E-state index in [-0.39, 0.29) is 11.8 Å². The van der Waals surface area contributed by atoms with Crippen molar-refractivity contribution in [3.63, 3.8) is 0 Å². The van der Waals surface area contributed by atoms with E-state index >= 15 is 0 Å². The number of aryl methyl sites for hydroxylation is 2. The fourth-order valence-electron chi connectivity index (χ4n) is 3.77. The second-order valence-corrected chi connectivity index (χ2v) is 6.99. The van der Waals surface area contributed by atoms with Crippen molar-refractivity contribution in [2.24, 2.45) is 0 Å². The van der Waals surface area contributed by atoms with Crippen LogP contribution in [0.25, 0.3) is 0 Å². The Morgan fingerprint density at radius 1 is 1.07 bits per heavy atom. The molecule has 0 radical (unpaired) electrons. The third-order valence-corrected chi connectivity index (χ3v) is 5.12. The lowest BCUT2D eigenvalue weighted by atomic mass is 9.99. The summed E-state index contributed by atoms with van der Waals surface area (Å²) in [5.74, 6) is -0.304. The average Bonchev–Trinajstić information content (AvgIpc) is 3.12. The molecule has 1 aliphatic heterocycles. The molecule has 27 heavy (non-hydrogen) atoms. The first kappa shape index (κ1) is 17.3. The van der Waals surface area contributed by atoms with Gasteiger partial charge in [-0.05, 0) is 43.7 Å². The molecule has 2 aromatic carbocycles. The van der Waals surface area contributed by atoms with Gasteiger partial charge >= 0.3 is 6.03 Å². The maximum atomic E-state index is 14.6. The summed E-state index contributed by atoms with van der Waals surface area (Å²) in [6.07, 6.45) is 1.97. The predicted molar refractivity (Wildman–Crippen MR) is 104 cm³/mol. The summed E-state index contributed by atoms with van der Waals surface area (Å²) >= 11 is 0. The predicted octanol–water partition coefficient (Wildman–Crippen LogP) is 4.88. The molecule has 1 unspecified atom stereocenters. The van der Waals surface area contributed by atoms with Crippen LogP contribution in [0.1, 0.15) is 28.4 Å². The molecule has 2 heterocycles. The Balaban J connectivity index is 1.70. The van der Waals surface area contributed by atoms with Crippen molar-refractivity contribution in [3.05, 3.63) is 89.0 Å². The molecule has 0 spiro atoms. The summed E-state index contributed by atoms with van der Waals surface area (Å²) in [5.41, 5.74) is 4.35. The first-order valence-corrected chi connectivity index (χ1v) is 9.09. The number of carbonyl (C=O) groups excluding carboxylic acids is 1. The number of anilines is 1. The molecule has 0 bridgehead atoms. The zero-order valence-electron chi connectivity index (χ0n) is 15.4. The molecule has 4 rings (SSSR count). The molecule has 0 aliphatic carbocycles. The van der Waals surface area contributed by atoms with E-state index in [4.69, 9.17) is 0 Å². The Bertz CT molecular complexity index is 995. The van der Waals surface area contributed by atoms with E-state index in [2.05, 4.69) is 9.88 Å². The molecule has 0 fully saturated rings. The van der Waals surface area contributed by atoms with Crippen molar-refractivity contribution in [1.82, 2.24) is 9.47 Å². The van der Waals surface area contributed by atoms with Crippen molar-refractivity contribution in [2.75, 3.05) is 11.9 Å². The van der Waals surface area contributed by atoms with Crippen LogP contribution in [-0.2, 0) is 6.54 Å². The SMILES string of the molecule is Cc1ccc(NC(=O)N2CCn3cccc3C2c2ccccc2F)c(C)c1. The lowest BCUT2D eigenvalue weighted by Crippen LogP contribution is -2.44. The van der Waals surface area contributed by atoms with Gasteiger partial charge in [0, 0.05) is 36.2 Å². The van der Waals surface area contributed by atoms with Crippen molar-refractivity contribution in [2.45, 2.75) is 26.4 Å². The van der Waals surface area contributed by atoms with E-state index < -0.39 is 6.04 Å². The molecule has 1 aromatic heterocycles. The van der Waals surface area contributed by atoms with Gasteiger partial charge in [-0.3, -0.25) is 0 Å². The zero-order chi connectivity index (χ0) is 19.0. The maximum absolute atomic E-state index is 14.6. The molecule has 4 nitrogen and oxygen atoms in total. The highest BCUT2D eigenvalue weighted by atomic mass is 19.1. The van der Waals surface area contributed by atoms with Gasteiger partial charge in [0.15, 0.2) is 0 Å². The van der Waals surface area contributed by atoms with Crippen LogP contribution >= 0.6 is 0 Å². The van der Waals surface area contributed by atoms with Crippen LogP contribution in [0.15, 0.2) is 60.8 Å². The number of nitrogens with zero attached hydrogens (tertiary/aromatic N) is 2. The molecule has 1 atom stereocenters. The third-order valence-electron chi connectivity index (χ3n) is 5.12. The fraction of sp³-hybridized carbons (Fsp3) is 0.227. The summed E-state index contributed by atoms with van der Waals surface area (Å²) in [7, 11) is 0. The third kappa shape index (κ3) is 3.21. The summed E-state index contributed by atoms with van der Waals surface area (Å²) in [6.45, 7) is 5.19. The lowest BCUT2D eigenvalue weighted by molar-refractivity contribution is 0.180. The van der Waals surface area contributed by atoms with Crippen LogP contribution in [-0.4, -0.2) is 22.0 Å². The Morgan fingerprint density at radius 2 is 1.89 bits per heavy atom. The number of benzene rings is 2. The standard InChI is InChI=1S/C22H22FN3O/c1-15-9-10-19(16(2)14-15)24-22(27)26-13-12-25-11-5-8-20(25)21(26)17-6-3-4-7-18(17)23/h3-11,14,21H,12-13H2,1-2H3,(H,24,27). The minimum atomic E-state index is -0.458. The van der Waals surface area contributed by atoms with Gasteiger partial charge in [-0.2, -0.15) is 0 Å². The second-order valence-electron chi connectivity index (χ2n) is 6.99. The second kappa shape index (κ2) is 6.91. The van der Waals surface area contributed by atoms with Gasteiger partial charge in [0.05, 0.1) is 0 Å². The highest BCUT2D eigenvalue weighted by Crippen LogP contribution is 2.34. The number of urea groups is 1. The number of carbonyl (C=O) groups is 1. The van der Waals surface area contributed by atoms with Crippen LogP contribution in [0, 0.1) is 19.7 Å². The summed E-state index contributed by atoms with van der Waals surface area (Å²) in [4.78, 5) is 14.8. The maximum Gasteiger partial charge on any atom is 0.322 e. The van der Waals surface area contributed by atoms with E-state index in [0.717, 1.165) is 22.5 Å². The number of hydrogen-bond acceptors (Lipinski definition) is 1. The number of amides is 2. The zero-order valence-corrected chi connectivity index (χ0v) is 15.4. The van der Waals surface area contributed by atoms with Gasteiger partial charge < -0.3 is 14.8 Å². The van der Waals surface area contributed by atoms with E-state index in [9.17, 15) is 9.18 Å². The van der Waals surface area contributed by atoms with Gasteiger partial charge in [-0.1, -0.05) is 35.9 Å². The van der Waals surface area contributed by atoms with Gasteiger partial charge in [-0.15, -0.1) is 0 Å². The largest absolute Gasteiger partial charge is 0.348 e. The minimum absolute atomic E-state index is 0.220. The Labute approximate surface area is 158 Å². The molecule has 5 heteroatoms. The molecule has 0 saturated carbocycles. The normalized spacial score (nSPS) is 16.1. The summed E-state index contributed by atoms with van der Waals surface area (Å²) in [6, 6.07) is 15.8. The van der Waals surface area contributed by atoms with Crippen molar-refractivity contribution >= 4 is 11.7 Å². The Morgan fingerprint density at radius 3 is 2.67 bits per heavy atom. The van der Waals surface area contributed by atoms with Crippen LogP contribution in [0.5, 0.6) is 0 Å². The molecular formula is C22H22FN3O.